The van der Waals surface area contributed by atoms with Crippen LogP contribution in [-0.4, -0.2) is 29.9 Å². The predicted octanol–water partition coefficient (Wildman–Crippen LogP) is 4.84. The molecular weight excluding hydrogens is 465 g/mol. The van der Waals surface area contributed by atoms with Crippen LogP contribution in [0.5, 0.6) is 0 Å². The van der Waals surface area contributed by atoms with Gasteiger partial charge in [0.1, 0.15) is 5.76 Å². The summed E-state index contributed by atoms with van der Waals surface area (Å²) in [6.07, 6.45) is -3.95. The highest BCUT2D eigenvalue weighted by atomic mass is 19.4. The Kier molecular flexibility index (Phi) is 7.25. The van der Waals surface area contributed by atoms with Crippen molar-refractivity contribution in [1.82, 2.24) is 10.5 Å². The summed E-state index contributed by atoms with van der Waals surface area (Å²) in [4.78, 5) is 22.2. The van der Waals surface area contributed by atoms with Crippen LogP contribution < -0.4 is 5.48 Å². The molecule has 1 N–H and O–H groups in total. The summed E-state index contributed by atoms with van der Waals surface area (Å²) in [7, 11) is 0. The minimum absolute atomic E-state index is 0.0923. The highest BCUT2D eigenvalue weighted by Gasteiger charge is 2.41. The number of alkyl halides is 3. The lowest BCUT2D eigenvalue weighted by molar-refractivity contribution is -0.265. The first-order valence-corrected chi connectivity index (χ1v) is 11.0. The van der Waals surface area contributed by atoms with Crippen molar-refractivity contribution in [3.05, 3.63) is 77.2 Å². The smallest absolute Gasteiger partial charge is 0.416 e. The Labute approximate surface area is 200 Å². The Hall–Kier alpha value is -3.21. The number of ether oxygens (including phenoxy) is 2. The molecule has 3 aromatic rings. The third-order valence-corrected chi connectivity index (χ3v) is 5.68. The molecule has 2 aromatic carbocycles. The summed E-state index contributed by atoms with van der Waals surface area (Å²) in [5.74, 6) is -1.33. The molecule has 7 nitrogen and oxygen atoms in total. The zero-order valence-electron chi connectivity index (χ0n) is 19.2. The number of aryl methyl sites for hydroxylation is 1. The summed E-state index contributed by atoms with van der Waals surface area (Å²) in [5.41, 5.74) is 3.63. The van der Waals surface area contributed by atoms with E-state index in [1.807, 2.05) is 30.3 Å². The molecule has 1 aliphatic heterocycles. The molecule has 186 valence electrons. The molecule has 0 spiro atoms. The quantitative estimate of drug-likeness (QED) is 0.478. The monoisotopic (exact) mass is 490 g/mol. The molecule has 0 aliphatic carbocycles. The lowest BCUT2D eigenvalue weighted by atomic mass is 10.0. The number of nitrogens with one attached hydrogen (secondary N) is 1. The van der Waals surface area contributed by atoms with Gasteiger partial charge in [0, 0.05) is 17.9 Å². The van der Waals surface area contributed by atoms with Gasteiger partial charge >= 0.3 is 12.1 Å². The maximum Gasteiger partial charge on any atom is 0.416 e. The van der Waals surface area contributed by atoms with E-state index in [-0.39, 0.29) is 31.6 Å². The number of hydroxylamine groups is 1. The van der Waals surface area contributed by atoms with Crippen LogP contribution >= 0.6 is 0 Å². The van der Waals surface area contributed by atoms with Crippen molar-refractivity contribution in [2.45, 2.75) is 38.8 Å². The van der Waals surface area contributed by atoms with E-state index in [1.54, 1.807) is 6.92 Å². The number of benzene rings is 2. The van der Waals surface area contributed by atoms with E-state index in [2.05, 4.69) is 10.5 Å². The van der Waals surface area contributed by atoms with E-state index in [0.717, 1.165) is 17.7 Å². The summed E-state index contributed by atoms with van der Waals surface area (Å²) >= 11 is 0. The van der Waals surface area contributed by atoms with Crippen LogP contribution in [-0.2, 0) is 38.3 Å². The van der Waals surface area contributed by atoms with Gasteiger partial charge in [-0.05, 0) is 43.7 Å². The first-order chi connectivity index (χ1) is 16.6. The van der Waals surface area contributed by atoms with Gasteiger partial charge in [-0.3, -0.25) is 9.63 Å². The van der Waals surface area contributed by atoms with Crippen molar-refractivity contribution in [1.29, 1.82) is 0 Å². The van der Waals surface area contributed by atoms with Crippen LogP contribution in [0.4, 0.5) is 13.2 Å². The number of amides is 1. The van der Waals surface area contributed by atoms with Crippen LogP contribution in [0.3, 0.4) is 0 Å². The number of hydrogen-bond acceptors (Lipinski definition) is 6. The molecule has 10 heteroatoms. The number of nitrogens with zero attached hydrogens (tertiary/aromatic N) is 1. The van der Waals surface area contributed by atoms with Crippen LogP contribution in [0.15, 0.2) is 59.0 Å². The Balaban J connectivity index is 1.30. The summed E-state index contributed by atoms with van der Waals surface area (Å²) in [6, 6.07) is 14.0. The predicted molar refractivity (Wildman–Crippen MR) is 119 cm³/mol. The van der Waals surface area contributed by atoms with Gasteiger partial charge in [0.05, 0.1) is 31.1 Å². The topological polar surface area (TPSA) is 82.8 Å². The van der Waals surface area contributed by atoms with E-state index < -0.39 is 23.4 Å². The molecule has 0 atom stereocenters. The second-order valence-corrected chi connectivity index (χ2v) is 8.44. The van der Waals surface area contributed by atoms with Crippen molar-refractivity contribution in [3.8, 4) is 11.5 Å². The van der Waals surface area contributed by atoms with Crippen molar-refractivity contribution in [2.75, 3.05) is 13.2 Å². The van der Waals surface area contributed by atoms with Crippen LogP contribution in [0, 0.1) is 12.8 Å². The Morgan fingerprint density at radius 1 is 1.11 bits per heavy atom. The van der Waals surface area contributed by atoms with Gasteiger partial charge in [0.25, 0.3) is 0 Å². The zero-order chi connectivity index (χ0) is 25.1. The molecule has 1 amide bonds. The Morgan fingerprint density at radius 2 is 1.77 bits per heavy atom. The second-order valence-electron chi connectivity index (χ2n) is 8.44. The molecule has 1 fully saturated rings. The largest absolute Gasteiger partial charge is 0.441 e. The van der Waals surface area contributed by atoms with Crippen molar-refractivity contribution in [2.24, 2.45) is 5.92 Å². The number of hydrogen-bond donors (Lipinski definition) is 1. The third-order valence-electron chi connectivity index (χ3n) is 5.68. The SMILES string of the molecule is Cc1oc(-c2ccc(C(F)(F)F)cc2)nc1CC1COC(C)(C(=O)NOCc2ccccc2)OC1. The highest BCUT2D eigenvalue weighted by Crippen LogP contribution is 2.32. The third kappa shape index (κ3) is 6.08. The van der Waals surface area contributed by atoms with E-state index in [0.29, 0.717) is 23.4 Å². The van der Waals surface area contributed by atoms with Gasteiger partial charge in [-0.1, -0.05) is 30.3 Å². The number of halogens is 3. The number of aromatic nitrogens is 1. The fraction of sp³-hybridized carbons (Fsp3) is 0.360. The average Bonchev–Trinajstić information content (AvgIpc) is 3.21. The first-order valence-electron chi connectivity index (χ1n) is 11.0. The minimum atomic E-state index is -4.41. The summed E-state index contributed by atoms with van der Waals surface area (Å²) in [6.45, 7) is 3.95. The van der Waals surface area contributed by atoms with Gasteiger partial charge < -0.3 is 13.9 Å². The highest BCUT2D eigenvalue weighted by molar-refractivity contribution is 5.82. The molecule has 4 rings (SSSR count). The van der Waals surface area contributed by atoms with Gasteiger partial charge in [0.15, 0.2) is 0 Å². The maximum atomic E-state index is 12.8. The minimum Gasteiger partial charge on any atom is -0.441 e. The second kappa shape index (κ2) is 10.2. The van der Waals surface area contributed by atoms with E-state index in [4.69, 9.17) is 18.7 Å². The van der Waals surface area contributed by atoms with Gasteiger partial charge in [0.2, 0.25) is 11.7 Å². The molecule has 0 saturated carbocycles. The van der Waals surface area contributed by atoms with Crippen molar-refractivity contribution >= 4 is 5.91 Å². The van der Waals surface area contributed by atoms with Crippen LogP contribution in [0.1, 0.15) is 29.5 Å². The summed E-state index contributed by atoms with van der Waals surface area (Å²) < 4.78 is 55.5. The molecular formula is C25H25F3N2O5. The fourth-order valence-electron chi connectivity index (χ4n) is 3.56. The number of rotatable bonds is 7. The van der Waals surface area contributed by atoms with Crippen molar-refractivity contribution in [3.63, 3.8) is 0 Å². The van der Waals surface area contributed by atoms with E-state index >= 15 is 0 Å². The van der Waals surface area contributed by atoms with Gasteiger partial charge in [-0.15, -0.1) is 0 Å². The first kappa shape index (κ1) is 24.9. The lowest BCUT2D eigenvalue weighted by Crippen LogP contribution is -2.53. The summed E-state index contributed by atoms with van der Waals surface area (Å²) in [5, 5.41) is 0. The number of carbonyl (C=O) groups is 1. The number of carbonyl (C=O) groups excluding carboxylic acids is 1. The lowest BCUT2D eigenvalue weighted by Gasteiger charge is -2.35. The van der Waals surface area contributed by atoms with Crippen molar-refractivity contribution < 1.29 is 36.7 Å². The molecule has 1 aromatic heterocycles. The normalized spacial score (nSPS) is 20.5. The molecule has 0 bridgehead atoms. The Bertz CT molecular complexity index is 1140. The molecule has 2 heterocycles. The van der Waals surface area contributed by atoms with Gasteiger partial charge in [-0.25, -0.2) is 10.5 Å². The Morgan fingerprint density at radius 3 is 2.40 bits per heavy atom. The molecule has 35 heavy (non-hydrogen) atoms. The standard InChI is InChI=1S/C25H25F3N2O5/c1-16-21(29-22(35-16)19-8-10-20(11-9-19)25(26,27)28)12-18-13-32-24(2,33-14-18)23(31)30-34-15-17-6-4-3-5-7-17/h3-11,18H,12-15H2,1-2H3,(H,30,31). The maximum absolute atomic E-state index is 12.8. The molecule has 1 aliphatic rings. The average molecular weight is 490 g/mol. The number of oxazole rings is 1. The molecule has 0 radical (unpaired) electrons. The zero-order valence-corrected chi connectivity index (χ0v) is 19.2. The van der Waals surface area contributed by atoms with Crippen LogP contribution in [0.2, 0.25) is 0 Å². The van der Waals surface area contributed by atoms with Gasteiger partial charge in [-0.2, -0.15) is 13.2 Å². The van der Waals surface area contributed by atoms with E-state index in [1.165, 1.54) is 19.1 Å². The van der Waals surface area contributed by atoms with Crippen LogP contribution in [0.25, 0.3) is 11.5 Å². The molecule has 0 unspecified atom stereocenters. The fourth-order valence-corrected chi connectivity index (χ4v) is 3.56. The molecule has 1 saturated heterocycles. The van der Waals surface area contributed by atoms with E-state index in [9.17, 15) is 18.0 Å².